The van der Waals surface area contributed by atoms with E-state index in [0.29, 0.717) is 17.4 Å². The number of aromatic nitrogens is 2. The fourth-order valence-electron chi connectivity index (χ4n) is 3.44. The van der Waals surface area contributed by atoms with Crippen LogP contribution in [0.4, 0.5) is 5.13 Å². The van der Waals surface area contributed by atoms with Gasteiger partial charge in [0.15, 0.2) is 15.0 Å². The number of carbonyl (C=O) groups is 1. The van der Waals surface area contributed by atoms with Crippen LogP contribution in [0.1, 0.15) is 16.7 Å². The van der Waals surface area contributed by atoms with Crippen LogP contribution in [0.2, 0.25) is 0 Å². The molecule has 0 N–H and O–H groups in total. The topological polar surface area (TPSA) is 89.5 Å². The molecular formula is C24H23N3O4S2. The van der Waals surface area contributed by atoms with Crippen LogP contribution >= 0.6 is 11.3 Å². The molecule has 0 fully saturated rings. The number of anilines is 1. The van der Waals surface area contributed by atoms with Crippen LogP contribution in [-0.4, -0.2) is 37.7 Å². The van der Waals surface area contributed by atoms with Crippen LogP contribution in [0.25, 0.3) is 10.2 Å². The Bertz CT molecular complexity index is 1400. The van der Waals surface area contributed by atoms with Gasteiger partial charge < -0.3 is 4.74 Å². The predicted molar refractivity (Wildman–Crippen MR) is 130 cm³/mol. The number of hydrogen-bond donors (Lipinski definition) is 0. The maximum absolute atomic E-state index is 13.4. The first-order valence-corrected chi connectivity index (χ1v) is 12.9. The highest BCUT2D eigenvalue weighted by Gasteiger charge is 2.22. The zero-order valence-corrected chi connectivity index (χ0v) is 20.1. The van der Waals surface area contributed by atoms with Gasteiger partial charge in [-0.3, -0.25) is 14.7 Å². The van der Waals surface area contributed by atoms with Gasteiger partial charge in [-0.05, 0) is 47.9 Å². The average Bonchev–Trinajstić information content (AvgIpc) is 3.24. The van der Waals surface area contributed by atoms with Gasteiger partial charge in [0.05, 0.1) is 29.7 Å². The zero-order chi connectivity index (χ0) is 23.6. The molecule has 9 heteroatoms. The molecule has 0 unspecified atom stereocenters. The van der Waals surface area contributed by atoms with Gasteiger partial charge in [-0.1, -0.05) is 35.6 Å². The summed E-state index contributed by atoms with van der Waals surface area (Å²) in [5.74, 6) is 0.505. The predicted octanol–water partition coefficient (Wildman–Crippen LogP) is 4.19. The van der Waals surface area contributed by atoms with Crippen LogP contribution in [0, 0.1) is 6.92 Å². The number of methoxy groups -OCH3 is 1. The maximum Gasteiger partial charge on any atom is 0.233 e. The minimum Gasteiger partial charge on any atom is -0.494 e. The zero-order valence-electron chi connectivity index (χ0n) is 18.5. The maximum atomic E-state index is 13.4. The molecule has 2 aromatic heterocycles. The molecule has 2 heterocycles. The number of hydrogen-bond acceptors (Lipinski definition) is 7. The fraction of sp³-hybridized carbons (Fsp3) is 0.208. The molecule has 170 valence electrons. The number of thiazole rings is 1. The number of rotatable bonds is 7. The number of amides is 1. The molecule has 0 bridgehead atoms. The average molecular weight is 482 g/mol. The molecular weight excluding hydrogens is 458 g/mol. The Labute approximate surface area is 196 Å². The van der Waals surface area contributed by atoms with Crippen LogP contribution in [0.5, 0.6) is 5.75 Å². The van der Waals surface area contributed by atoms with Crippen molar-refractivity contribution in [2.45, 2.75) is 24.8 Å². The molecule has 4 rings (SSSR count). The highest BCUT2D eigenvalue weighted by atomic mass is 32.2. The lowest BCUT2D eigenvalue weighted by molar-refractivity contribution is -0.118. The number of sulfone groups is 1. The number of fused-ring (bicyclic) bond motifs is 1. The summed E-state index contributed by atoms with van der Waals surface area (Å²) in [6.45, 7) is 2.32. The van der Waals surface area contributed by atoms with Crippen LogP contribution in [-0.2, 0) is 27.6 Å². The van der Waals surface area contributed by atoms with Crippen LogP contribution in [0.3, 0.4) is 0 Å². The number of benzene rings is 2. The van der Waals surface area contributed by atoms with Crippen molar-refractivity contribution in [2.24, 2.45) is 0 Å². The van der Waals surface area contributed by atoms with E-state index in [1.165, 1.54) is 23.5 Å². The molecule has 0 aliphatic heterocycles. The summed E-state index contributed by atoms with van der Waals surface area (Å²) >= 11 is 1.44. The van der Waals surface area contributed by atoms with E-state index < -0.39 is 9.84 Å². The van der Waals surface area contributed by atoms with E-state index >= 15 is 0 Å². The molecule has 0 atom stereocenters. The number of aryl methyl sites for hydroxylation is 1. The van der Waals surface area contributed by atoms with E-state index in [1.54, 1.807) is 36.5 Å². The Morgan fingerprint density at radius 1 is 1.09 bits per heavy atom. The Kier molecular flexibility index (Phi) is 6.44. The Morgan fingerprint density at radius 3 is 2.48 bits per heavy atom. The normalized spacial score (nSPS) is 11.5. The molecule has 0 radical (unpaired) electrons. The number of ether oxygens (including phenoxy) is 1. The Hall–Kier alpha value is -3.30. The van der Waals surface area contributed by atoms with Crippen LogP contribution in [0.15, 0.2) is 65.8 Å². The molecule has 0 aliphatic rings. The van der Waals surface area contributed by atoms with Gasteiger partial charge in [0, 0.05) is 18.6 Å². The van der Waals surface area contributed by atoms with Crippen molar-refractivity contribution in [2.75, 3.05) is 18.3 Å². The first-order valence-electron chi connectivity index (χ1n) is 10.2. The third-order valence-corrected chi connectivity index (χ3v) is 7.56. The fourth-order valence-corrected chi connectivity index (χ4v) is 5.14. The summed E-state index contributed by atoms with van der Waals surface area (Å²) in [4.78, 5) is 24.2. The van der Waals surface area contributed by atoms with E-state index in [-0.39, 0.29) is 17.2 Å². The SMILES string of the molecule is COc1ccc(C)c2sc(N(Cc3cccnc3)C(=O)Cc3ccc(S(C)(=O)=O)cc3)nc12. The van der Waals surface area contributed by atoms with Crippen molar-refractivity contribution in [3.8, 4) is 5.75 Å². The third-order valence-electron chi connectivity index (χ3n) is 5.21. The van der Waals surface area contributed by atoms with Gasteiger partial charge in [-0.25, -0.2) is 13.4 Å². The molecule has 0 saturated heterocycles. The second-order valence-corrected chi connectivity index (χ2v) is 10.7. The standard InChI is InChI=1S/C24H23N3O4S2/c1-16-6-11-20(31-2)22-23(16)32-24(26-22)27(15-18-5-4-12-25-14-18)21(28)13-17-7-9-19(10-8-17)33(3,29)30/h4-12,14H,13,15H2,1-3H3. The first-order chi connectivity index (χ1) is 15.8. The van der Waals surface area contributed by atoms with Crippen molar-refractivity contribution in [1.82, 2.24) is 9.97 Å². The summed E-state index contributed by atoms with van der Waals surface area (Å²) in [5.41, 5.74) is 3.37. The van der Waals surface area contributed by atoms with E-state index in [0.717, 1.165) is 33.2 Å². The number of carbonyl (C=O) groups excluding carboxylic acids is 1. The van der Waals surface area contributed by atoms with Gasteiger partial charge in [-0.15, -0.1) is 0 Å². The first kappa shape index (κ1) is 22.9. The van der Waals surface area contributed by atoms with E-state index in [9.17, 15) is 13.2 Å². The highest BCUT2D eigenvalue weighted by Crippen LogP contribution is 2.37. The van der Waals surface area contributed by atoms with Gasteiger partial charge in [-0.2, -0.15) is 0 Å². The monoisotopic (exact) mass is 481 g/mol. The van der Waals surface area contributed by atoms with Crippen molar-refractivity contribution in [3.05, 3.63) is 77.6 Å². The molecule has 0 saturated carbocycles. The molecule has 7 nitrogen and oxygen atoms in total. The quantitative estimate of drug-likeness (QED) is 0.393. The summed E-state index contributed by atoms with van der Waals surface area (Å²) in [6, 6.07) is 14.0. The molecule has 1 amide bonds. The lowest BCUT2D eigenvalue weighted by Gasteiger charge is -2.20. The summed E-state index contributed by atoms with van der Waals surface area (Å²) in [5, 5.41) is 0.569. The van der Waals surface area contributed by atoms with Crippen molar-refractivity contribution < 1.29 is 17.9 Å². The summed E-state index contributed by atoms with van der Waals surface area (Å²) in [6.07, 6.45) is 4.67. The van der Waals surface area contributed by atoms with Crippen molar-refractivity contribution >= 4 is 42.4 Å². The Morgan fingerprint density at radius 2 is 1.85 bits per heavy atom. The molecule has 0 spiro atoms. The Balaban J connectivity index is 1.70. The molecule has 2 aromatic carbocycles. The smallest absolute Gasteiger partial charge is 0.233 e. The second kappa shape index (κ2) is 9.29. The van der Waals surface area contributed by atoms with Crippen molar-refractivity contribution in [3.63, 3.8) is 0 Å². The molecule has 33 heavy (non-hydrogen) atoms. The van der Waals surface area contributed by atoms with E-state index in [1.807, 2.05) is 31.2 Å². The summed E-state index contributed by atoms with van der Waals surface area (Å²) < 4.78 is 29.9. The summed E-state index contributed by atoms with van der Waals surface area (Å²) in [7, 11) is -1.70. The number of pyridine rings is 1. The molecule has 0 aliphatic carbocycles. The van der Waals surface area contributed by atoms with Gasteiger partial charge in [0.25, 0.3) is 0 Å². The lowest BCUT2D eigenvalue weighted by atomic mass is 10.1. The minimum atomic E-state index is -3.30. The van der Waals surface area contributed by atoms with E-state index in [2.05, 4.69) is 4.98 Å². The van der Waals surface area contributed by atoms with Gasteiger partial charge in [0.1, 0.15) is 11.3 Å². The highest BCUT2D eigenvalue weighted by molar-refractivity contribution is 7.90. The van der Waals surface area contributed by atoms with Crippen LogP contribution < -0.4 is 9.64 Å². The largest absolute Gasteiger partial charge is 0.494 e. The van der Waals surface area contributed by atoms with Crippen molar-refractivity contribution in [1.29, 1.82) is 0 Å². The third kappa shape index (κ3) is 5.04. The molecule has 4 aromatic rings. The second-order valence-electron chi connectivity index (χ2n) is 7.69. The number of nitrogens with zero attached hydrogens (tertiary/aromatic N) is 3. The van der Waals surface area contributed by atoms with Gasteiger partial charge >= 0.3 is 0 Å². The van der Waals surface area contributed by atoms with E-state index in [4.69, 9.17) is 9.72 Å². The van der Waals surface area contributed by atoms with Gasteiger partial charge in [0.2, 0.25) is 5.91 Å². The lowest BCUT2D eigenvalue weighted by Crippen LogP contribution is -2.31. The minimum absolute atomic E-state index is 0.107.